The number of carbonyl (C=O) groups excluding carboxylic acids is 2. The van der Waals surface area contributed by atoms with Crippen molar-refractivity contribution in [2.75, 3.05) is 31.8 Å². The summed E-state index contributed by atoms with van der Waals surface area (Å²) in [5.74, 6) is 1.75. The number of hydrogen-bond acceptors (Lipinski definition) is 5. The maximum Gasteiger partial charge on any atom is 0.243 e. The van der Waals surface area contributed by atoms with Gasteiger partial charge in [-0.05, 0) is 31.4 Å². The second-order valence-electron chi connectivity index (χ2n) is 6.10. The summed E-state index contributed by atoms with van der Waals surface area (Å²) in [4.78, 5) is 25.7. The highest BCUT2D eigenvalue weighted by molar-refractivity contribution is 8.77. The molecule has 0 aromatic heterocycles. The summed E-state index contributed by atoms with van der Waals surface area (Å²) in [6, 6.07) is 7.17. The van der Waals surface area contributed by atoms with E-state index in [2.05, 4.69) is 5.32 Å². The minimum atomic E-state index is -0.205. The maximum atomic E-state index is 12.1. The summed E-state index contributed by atoms with van der Waals surface area (Å²) < 4.78 is 5.13. The molecule has 2 rings (SSSR count). The van der Waals surface area contributed by atoms with Crippen LogP contribution in [0.4, 0.5) is 5.69 Å². The fraction of sp³-hybridized carbons (Fsp3) is 0.556. The van der Waals surface area contributed by atoms with Gasteiger partial charge in [-0.2, -0.15) is 0 Å². The van der Waals surface area contributed by atoms with Crippen LogP contribution in [0.25, 0.3) is 0 Å². The van der Waals surface area contributed by atoms with Crippen LogP contribution in [0, 0.1) is 0 Å². The Morgan fingerprint density at radius 1 is 1.36 bits per heavy atom. The van der Waals surface area contributed by atoms with E-state index in [0.29, 0.717) is 17.9 Å². The van der Waals surface area contributed by atoms with Gasteiger partial charge in [-0.3, -0.25) is 9.59 Å². The zero-order valence-electron chi connectivity index (χ0n) is 14.8. The fourth-order valence-corrected chi connectivity index (χ4v) is 5.64. The highest BCUT2D eigenvalue weighted by Gasteiger charge is 2.17. The highest BCUT2D eigenvalue weighted by atomic mass is 33.1. The zero-order valence-corrected chi connectivity index (χ0v) is 16.5. The molecular formula is C18H26N2O3S2. The van der Waals surface area contributed by atoms with Gasteiger partial charge >= 0.3 is 0 Å². The van der Waals surface area contributed by atoms with Crippen LogP contribution < -0.4 is 10.1 Å². The Morgan fingerprint density at radius 3 is 2.92 bits per heavy atom. The topological polar surface area (TPSA) is 58.6 Å². The van der Waals surface area contributed by atoms with Gasteiger partial charge in [0.25, 0.3) is 0 Å². The van der Waals surface area contributed by atoms with E-state index in [0.717, 1.165) is 18.1 Å². The molecule has 7 heteroatoms. The Bertz CT molecular complexity index is 577. The lowest BCUT2D eigenvalue weighted by Crippen LogP contribution is -2.34. The number of nitrogens with one attached hydrogen (secondary N) is 1. The van der Waals surface area contributed by atoms with Crippen molar-refractivity contribution >= 4 is 39.1 Å². The van der Waals surface area contributed by atoms with Crippen molar-refractivity contribution in [1.82, 2.24) is 4.90 Å². The number of rotatable bonds is 9. The summed E-state index contributed by atoms with van der Waals surface area (Å²) in [5, 5.41) is 3.54. The van der Waals surface area contributed by atoms with E-state index in [9.17, 15) is 9.59 Å². The SMILES string of the molecule is COc1cccc(NC(=O)CN(C)C(=O)CCCC[C@@H]2CCSS2)c1. The molecular weight excluding hydrogens is 356 g/mol. The molecule has 138 valence electrons. The monoisotopic (exact) mass is 382 g/mol. The molecule has 2 amide bonds. The number of nitrogens with zero attached hydrogens (tertiary/aromatic N) is 1. The number of benzene rings is 1. The average Bonchev–Trinajstić information content (AvgIpc) is 3.12. The van der Waals surface area contributed by atoms with Gasteiger partial charge < -0.3 is 15.0 Å². The quantitative estimate of drug-likeness (QED) is 0.520. The number of amides is 2. The van der Waals surface area contributed by atoms with E-state index in [1.54, 1.807) is 26.3 Å². The molecule has 25 heavy (non-hydrogen) atoms. The first-order chi connectivity index (χ1) is 12.1. The molecule has 5 nitrogen and oxygen atoms in total. The predicted molar refractivity (Wildman–Crippen MR) is 106 cm³/mol. The minimum absolute atomic E-state index is 0.0224. The number of hydrogen-bond donors (Lipinski definition) is 1. The molecule has 0 aliphatic carbocycles. The summed E-state index contributed by atoms with van der Waals surface area (Å²) in [7, 11) is 7.19. The Labute approximate surface area is 157 Å². The number of ether oxygens (including phenoxy) is 1. The zero-order chi connectivity index (χ0) is 18.1. The van der Waals surface area contributed by atoms with Crippen LogP contribution in [0.15, 0.2) is 24.3 Å². The standard InChI is InChI=1S/C18H26N2O3S2/c1-20(18(22)9-4-3-8-16-10-11-24-25-16)13-17(21)19-14-6-5-7-15(12-14)23-2/h5-7,12,16H,3-4,8-11,13H2,1-2H3,(H,19,21)/t16-/m1/s1. The third-order valence-electron chi connectivity index (χ3n) is 4.05. The van der Waals surface area contributed by atoms with E-state index in [1.165, 1.54) is 23.5 Å². The third kappa shape index (κ3) is 7.20. The summed E-state index contributed by atoms with van der Waals surface area (Å²) in [6.45, 7) is 0.0607. The molecule has 0 saturated carbocycles. The van der Waals surface area contributed by atoms with Crippen molar-refractivity contribution in [3.63, 3.8) is 0 Å². The first-order valence-electron chi connectivity index (χ1n) is 8.54. The van der Waals surface area contributed by atoms with Gasteiger partial charge in [-0.15, -0.1) is 0 Å². The van der Waals surface area contributed by atoms with Gasteiger partial charge in [0.15, 0.2) is 0 Å². The predicted octanol–water partition coefficient (Wildman–Crippen LogP) is 3.81. The Kier molecular flexibility index (Phi) is 8.48. The number of anilines is 1. The number of methoxy groups -OCH3 is 1. The fourth-order valence-electron chi connectivity index (χ4n) is 2.61. The second kappa shape index (κ2) is 10.6. The molecule has 1 N–H and O–H groups in total. The largest absolute Gasteiger partial charge is 0.497 e. The van der Waals surface area contributed by atoms with E-state index in [1.807, 2.05) is 33.7 Å². The molecule has 1 aromatic rings. The first kappa shape index (κ1) is 20.0. The molecule has 1 aromatic carbocycles. The summed E-state index contributed by atoms with van der Waals surface area (Å²) in [6.07, 6.45) is 4.95. The van der Waals surface area contributed by atoms with E-state index in [-0.39, 0.29) is 18.4 Å². The molecule has 1 aliphatic heterocycles. The number of unbranched alkanes of at least 4 members (excludes halogenated alkanes) is 1. The van der Waals surface area contributed by atoms with Gasteiger partial charge in [0.1, 0.15) is 5.75 Å². The summed E-state index contributed by atoms with van der Waals surface area (Å²) in [5.41, 5.74) is 0.664. The normalized spacial score (nSPS) is 16.5. The van der Waals surface area contributed by atoms with Gasteiger partial charge in [-0.25, -0.2) is 0 Å². The van der Waals surface area contributed by atoms with E-state index < -0.39 is 0 Å². The smallest absolute Gasteiger partial charge is 0.243 e. The van der Waals surface area contributed by atoms with Gasteiger partial charge in [0.2, 0.25) is 11.8 Å². The van der Waals surface area contributed by atoms with Crippen LogP contribution in [0.2, 0.25) is 0 Å². The Balaban J connectivity index is 1.65. The summed E-state index contributed by atoms with van der Waals surface area (Å²) >= 11 is 0. The van der Waals surface area contributed by atoms with Crippen molar-refractivity contribution < 1.29 is 14.3 Å². The Hall–Kier alpha value is -1.34. The van der Waals surface area contributed by atoms with Crippen molar-refractivity contribution in [2.45, 2.75) is 37.4 Å². The minimum Gasteiger partial charge on any atom is -0.497 e. The molecule has 1 saturated heterocycles. The molecule has 0 radical (unpaired) electrons. The van der Waals surface area contributed by atoms with E-state index in [4.69, 9.17) is 4.74 Å². The molecule has 1 aliphatic rings. The van der Waals surface area contributed by atoms with Gasteiger partial charge in [0, 0.05) is 36.2 Å². The average molecular weight is 383 g/mol. The van der Waals surface area contributed by atoms with Crippen molar-refractivity contribution in [2.24, 2.45) is 0 Å². The van der Waals surface area contributed by atoms with Crippen LogP contribution in [0.5, 0.6) is 5.75 Å². The molecule has 0 spiro atoms. The molecule has 1 heterocycles. The second-order valence-corrected chi connectivity index (χ2v) is 8.89. The molecule has 1 atom stereocenters. The third-order valence-corrected chi connectivity index (χ3v) is 7.06. The lowest BCUT2D eigenvalue weighted by atomic mass is 10.1. The molecule has 1 fully saturated rings. The highest BCUT2D eigenvalue weighted by Crippen LogP contribution is 2.39. The van der Waals surface area contributed by atoms with Crippen molar-refractivity contribution in [3.05, 3.63) is 24.3 Å². The van der Waals surface area contributed by atoms with Crippen LogP contribution in [-0.2, 0) is 9.59 Å². The number of carbonyl (C=O) groups is 2. The molecule has 0 bridgehead atoms. The van der Waals surface area contributed by atoms with Crippen LogP contribution >= 0.6 is 21.6 Å². The van der Waals surface area contributed by atoms with Crippen LogP contribution in [0.1, 0.15) is 32.1 Å². The first-order valence-corrected chi connectivity index (χ1v) is 10.9. The lowest BCUT2D eigenvalue weighted by Gasteiger charge is -2.17. The number of likely N-dealkylation sites (N-methyl/N-ethyl adjacent to an activating group) is 1. The molecule has 0 unspecified atom stereocenters. The van der Waals surface area contributed by atoms with Crippen LogP contribution in [-0.4, -0.2) is 48.4 Å². The Morgan fingerprint density at radius 2 is 2.20 bits per heavy atom. The maximum absolute atomic E-state index is 12.1. The van der Waals surface area contributed by atoms with Crippen molar-refractivity contribution in [1.29, 1.82) is 0 Å². The van der Waals surface area contributed by atoms with Gasteiger partial charge in [0.05, 0.1) is 13.7 Å². The van der Waals surface area contributed by atoms with Crippen molar-refractivity contribution in [3.8, 4) is 5.75 Å². The van der Waals surface area contributed by atoms with Gasteiger partial charge in [-0.1, -0.05) is 34.1 Å². The lowest BCUT2D eigenvalue weighted by molar-refractivity contribution is -0.133. The van der Waals surface area contributed by atoms with Crippen LogP contribution in [0.3, 0.4) is 0 Å². The van der Waals surface area contributed by atoms with E-state index >= 15 is 0 Å².